The van der Waals surface area contributed by atoms with Crippen molar-refractivity contribution in [3.63, 3.8) is 0 Å². The van der Waals surface area contributed by atoms with Crippen LogP contribution >= 0.6 is 11.8 Å². The Morgan fingerprint density at radius 1 is 1.32 bits per heavy atom. The molecule has 0 bridgehead atoms. The number of aromatic nitrogens is 2. The molecule has 3 aromatic rings. The summed E-state index contributed by atoms with van der Waals surface area (Å²) < 4.78 is 16.6. The van der Waals surface area contributed by atoms with Gasteiger partial charge in [-0.25, -0.2) is 9.37 Å². The van der Waals surface area contributed by atoms with Crippen LogP contribution in [0.3, 0.4) is 0 Å². The molecule has 0 radical (unpaired) electrons. The van der Waals surface area contributed by atoms with E-state index in [2.05, 4.69) is 14.4 Å². The highest BCUT2D eigenvalue weighted by molar-refractivity contribution is 8.13. The Hall–Kier alpha value is -2.34. The Labute approximate surface area is 150 Å². The Kier molecular flexibility index (Phi) is 4.00. The monoisotopic (exact) mass is 354 g/mol. The molecule has 0 fully saturated rings. The van der Waals surface area contributed by atoms with Crippen LogP contribution in [0.5, 0.6) is 0 Å². The quantitative estimate of drug-likeness (QED) is 0.780. The molecule has 1 aliphatic rings. The van der Waals surface area contributed by atoms with Crippen LogP contribution in [0.25, 0.3) is 5.65 Å². The molecule has 0 spiro atoms. The molecule has 1 atom stereocenters. The zero-order valence-corrected chi connectivity index (χ0v) is 14.8. The summed E-state index contributed by atoms with van der Waals surface area (Å²) in [5.74, 6) is 0.621. The number of nitrogens with two attached hydrogens (primary N) is 1. The maximum absolute atomic E-state index is 14.5. The second kappa shape index (κ2) is 6.19. The fourth-order valence-corrected chi connectivity index (χ4v) is 4.28. The number of fused-ring (bicyclic) bond motifs is 1. The largest absolute Gasteiger partial charge is 0.379 e. The number of thioether (sulfide) groups is 1. The molecular weight excluding hydrogens is 335 g/mol. The topological polar surface area (TPSA) is 55.7 Å². The van der Waals surface area contributed by atoms with Gasteiger partial charge in [0.15, 0.2) is 5.17 Å². The van der Waals surface area contributed by atoms with Gasteiger partial charge in [-0.3, -0.25) is 4.99 Å². The Bertz CT molecular complexity index is 965. The van der Waals surface area contributed by atoms with Crippen LogP contribution in [0, 0.1) is 5.82 Å². The smallest absolute Gasteiger partial charge is 0.154 e. The van der Waals surface area contributed by atoms with Crippen LogP contribution in [0.15, 0.2) is 53.8 Å². The molecule has 128 valence electrons. The summed E-state index contributed by atoms with van der Waals surface area (Å²) in [4.78, 5) is 8.95. The summed E-state index contributed by atoms with van der Waals surface area (Å²) in [6.45, 7) is 1.95. The minimum atomic E-state index is -0.602. The van der Waals surface area contributed by atoms with Crippen molar-refractivity contribution in [2.75, 3.05) is 5.75 Å². The highest BCUT2D eigenvalue weighted by atomic mass is 32.2. The van der Waals surface area contributed by atoms with Gasteiger partial charge in [0.2, 0.25) is 0 Å². The van der Waals surface area contributed by atoms with Gasteiger partial charge in [-0.15, -0.1) is 0 Å². The molecule has 3 heterocycles. The van der Waals surface area contributed by atoms with Crippen LogP contribution in [0.1, 0.15) is 30.2 Å². The minimum Gasteiger partial charge on any atom is -0.379 e. The second-order valence-electron chi connectivity index (χ2n) is 6.49. The Balaban J connectivity index is 1.71. The second-order valence-corrected chi connectivity index (χ2v) is 7.61. The summed E-state index contributed by atoms with van der Waals surface area (Å²) in [7, 11) is 0. The third kappa shape index (κ3) is 3.02. The van der Waals surface area contributed by atoms with Crippen molar-refractivity contribution in [3.05, 3.63) is 71.4 Å². The van der Waals surface area contributed by atoms with E-state index >= 15 is 0 Å². The van der Waals surface area contributed by atoms with E-state index in [-0.39, 0.29) is 5.82 Å². The van der Waals surface area contributed by atoms with E-state index < -0.39 is 5.54 Å². The summed E-state index contributed by atoms with van der Waals surface area (Å²) in [6.07, 6.45) is 5.32. The summed E-state index contributed by atoms with van der Waals surface area (Å²) >= 11 is 1.52. The molecule has 0 saturated heterocycles. The average Bonchev–Trinajstić information content (AvgIpc) is 2.99. The van der Waals surface area contributed by atoms with Crippen molar-refractivity contribution in [1.82, 2.24) is 9.38 Å². The molecule has 25 heavy (non-hydrogen) atoms. The van der Waals surface area contributed by atoms with Gasteiger partial charge in [0, 0.05) is 35.8 Å². The first-order chi connectivity index (χ1) is 12.0. The maximum Gasteiger partial charge on any atom is 0.154 e. The van der Waals surface area contributed by atoms with E-state index in [4.69, 9.17) is 5.73 Å². The number of benzene rings is 1. The molecule has 0 amide bonds. The highest BCUT2D eigenvalue weighted by Gasteiger charge is 2.32. The van der Waals surface area contributed by atoms with Crippen LogP contribution in [-0.4, -0.2) is 20.3 Å². The standard InChI is InChI=1S/C19H19FN4S/c1-19(7-9-25-18(21)23-19)15-11-13(5-6-16(15)20)10-14-12-22-17-4-2-3-8-24(14)17/h2-6,8,11-12H,7,9-10H2,1H3,(H2,21,23)/t19-/m0/s1. The molecule has 4 nitrogen and oxygen atoms in total. The van der Waals surface area contributed by atoms with Gasteiger partial charge >= 0.3 is 0 Å². The van der Waals surface area contributed by atoms with Crippen molar-refractivity contribution in [2.24, 2.45) is 10.7 Å². The molecule has 2 N–H and O–H groups in total. The van der Waals surface area contributed by atoms with Crippen molar-refractivity contribution < 1.29 is 4.39 Å². The van der Waals surface area contributed by atoms with Crippen molar-refractivity contribution in [3.8, 4) is 0 Å². The number of halogens is 1. The predicted molar refractivity (Wildman–Crippen MR) is 100 cm³/mol. The van der Waals surface area contributed by atoms with E-state index in [1.165, 1.54) is 17.8 Å². The molecule has 0 saturated carbocycles. The normalized spacial score (nSPS) is 20.6. The zero-order chi connectivity index (χ0) is 17.4. The number of hydrogen-bond acceptors (Lipinski definition) is 4. The lowest BCUT2D eigenvalue weighted by Gasteiger charge is -2.30. The number of rotatable bonds is 3. The predicted octanol–water partition coefficient (Wildman–Crippen LogP) is 3.73. The molecule has 6 heteroatoms. The third-order valence-corrected chi connectivity index (χ3v) is 5.48. The molecule has 1 aromatic carbocycles. The lowest BCUT2D eigenvalue weighted by atomic mass is 9.87. The van der Waals surface area contributed by atoms with Crippen LogP contribution in [0.2, 0.25) is 0 Å². The van der Waals surface area contributed by atoms with E-state index in [1.54, 1.807) is 0 Å². The molecule has 2 aromatic heterocycles. The lowest BCUT2D eigenvalue weighted by Crippen LogP contribution is -2.29. The van der Waals surface area contributed by atoms with Gasteiger partial charge in [0.1, 0.15) is 11.5 Å². The molecule has 0 unspecified atom stereocenters. The number of nitrogens with zero attached hydrogens (tertiary/aromatic N) is 3. The number of aliphatic imine (C=N–C) groups is 1. The van der Waals surface area contributed by atoms with Gasteiger partial charge in [-0.1, -0.05) is 30.0 Å². The Morgan fingerprint density at radius 3 is 3.04 bits per heavy atom. The van der Waals surface area contributed by atoms with Crippen LogP contribution in [-0.2, 0) is 12.0 Å². The first-order valence-corrected chi connectivity index (χ1v) is 9.22. The summed E-state index contributed by atoms with van der Waals surface area (Å²) in [5, 5.41) is 0.528. The zero-order valence-electron chi connectivity index (χ0n) is 13.9. The van der Waals surface area contributed by atoms with Crippen LogP contribution < -0.4 is 5.73 Å². The van der Waals surface area contributed by atoms with Crippen molar-refractivity contribution in [1.29, 1.82) is 0 Å². The average molecular weight is 354 g/mol. The van der Waals surface area contributed by atoms with Gasteiger partial charge in [-0.2, -0.15) is 0 Å². The minimum absolute atomic E-state index is 0.229. The van der Waals surface area contributed by atoms with E-state index in [1.807, 2.05) is 49.6 Å². The molecule has 0 aliphatic carbocycles. The van der Waals surface area contributed by atoms with E-state index in [0.717, 1.165) is 29.1 Å². The fourth-order valence-electron chi connectivity index (χ4n) is 3.30. The van der Waals surface area contributed by atoms with Gasteiger partial charge in [-0.05, 0) is 37.1 Å². The number of pyridine rings is 1. The molecule has 1 aliphatic heterocycles. The Morgan fingerprint density at radius 2 is 2.20 bits per heavy atom. The van der Waals surface area contributed by atoms with Gasteiger partial charge < -0.3 is 10.1 Å². The third-order valence-electron chi connectivity index (χ3n) is 4.69. The molecular formula is C19H19FN4S. The molecule has 4 rings (SSSR count). The lowest BCUT2D eigenvalue weighted by molar-refractivity contribution is 0.449. The fraction of sp³-hybridized carbons (Fsp3) is 0.263. The number of amidine groups is 1. The van der Waals surface area contributed by atoms with Gasteiger partial charge in [0.25, 0.3) is 0 Å². The van der Waals surface area contributed by atoms with Gasteiger partial charge in [0.05, 0.1) is 5.54 Å². The van der Waals surface area contributed by atoms with E-state index in [9.17, 15) is 4.39 Å². The number of hydrogen-bond donors (Lipinski definition) is 1. The summed E-state index contributed by atoms with van der Waals surface area (Å²) in [5.41, 5.74) is 8.92. The highest BCUT2D eigenvalue weighted by Crippen LogP contribution is 2.37. The van der Waals surface area contributed by atoms with Crippen molar-refractivity contribution in [2.45, 2.75) is 25.3 Å². The first-order valence-electron chi connectivity index (χ1n) is 8.23. The SMILES string of the molecule is C[C@@]1(c2cc(Cc3cnc4ccccn34)ccc2F)CCSC(N)=N1. The number of imidazole rings is 1. The van der Waals surface area contributed by atoms with Crippen LogP contribution in [0.4, 0.5) is 4.39 Å². The maximum atomic E-state index is 14.5. The first kappa shape index (κ1) is 16.1. The van der Waals surface area contributed by atoms with Crippen molar-refractivity contribution >= 4 is 22.6 Å². The summed E-state index contributed by atoms with van der Waals surface area (Å²) in [6, 6.07) is 11.2. The van der Waals surface area contributed by atoms with E-state index in [0.29, 0.717) is 17.2 Å².